The molecule has 0 fully saturated rings. The Hall–Kier alpha value is -4.07. The zero-order chi connectivity index (χ0) is 22.7. The summed E-state index contributed by atoms with van der Waals surface area (Å²) in [4.78, 5) is 26.0. The molecule has 3 aromatic rings. The summed E-state index contributed by atoms with van der Waals surface area (Å²) in [6, 6.07) is 18.0. The van der Waals surface area contributed by atoms with E-state index in [2.05, 4.69) is 10.6 Å². The Balaban J connectivity index is 1.49. The molecule has 164 valence electrons. The number of rotatable bonds is 7. The number of hydrogen-bond donors (Lipinski definition) is 3. The van der Waals surface area contributed by atoms with Gasteiger partial charge in [-0.1, -0.05) is 30.3 Å². The number of fused-ring (bicyclic) bond motifs is 1. The monoisotopic (exact) mass is 435 g/mol. The molecule has 3 aromatic carbocycles. The minimum atomic E-state index is -0.961. The van der Waals surface area contributed by atoms with Crippen LogP contribution in [0.2, 0.25) is 0 Å². The minimum Gasteiger partial charge on any atom is -0.480 e. The Morgan fingerprint density at radius 3 is 2.53 bits per heavy atom. The average Bonchev–Trinajstić information content (AvgIpc) is 2.80. The van der Waals surface area contributed by atoms with Crippen molar-refractivity contribution < 1.29 is 23.8 Å². The maximum absolute atomic E-state index is 14.1. The van der Waals surface area contributed by atoms with Crippen LogP contribution in [0.4, 0.5) is 21.5 Å². The molecule has 0 bridgehead atoms. The van der Waals surface area contributed by atoms with Gasteiger partial charge in [-0.25, -0.2) is 9.18 Å². The van der Waals surface area contributed by atoms with E-state index in [1.165, 1.54) is 11.0 Å². The molecule has 1 unspecified atom stereocenters. The van der Waals surface area contributed by atoms with Crippen LogP contribution in [0.3, 0.4) is 0 Å². The molecule has 0 aliphatic carbocycles. The van der Waals surface area contributed by atoms with E-state index in [-0.39, 0.29) is 23.9 Å². The molecule has 1 aliphatic heterocycles. The van der Waals surface area contributed by atoms with Crippen molar-refractivity contribution in [2.45, 2.75) is 12.5 Å². The molecule has 1 amide bonds. The zero-order valence-corrected chi connectivity index (χ0v) is 17.3. The number of anilines is 3. The van der Waals surface area contributed by atoms with E-state index in [0.717, 1.165) is 11.6 Å². The Morgan fingerprint density at radius 1 is 1.16 bits per heavy atom. The summed E-state index contributed by atoms with van der Waals surface area (Å²) in [5, 5.41) is 15.3. The Kier molecular flexibility index (Phi) is 5.93. The highest BCUT2D eigenvalue weighted by Gasteiger charge is 2.28. The third-order valence-corrected chi connectivity index (χ3v) is 5.26. The van der Waals surface area contributed by atoms with E-state index in [0.29, 0.717) is 23.5 Å². The van der Waals surface area contributed by atoms with Crippen molar-refractivity contribution in [1.82, 2.24) is 0 Å². The highest BCUT2D eigenvalue weighted by molar-refractivity contribution is 6.09. The molecule has 32 heavy (non-hydrogen) atoms. The summed E-state index contributed by atoms with van der Waals surface area (Å²) >= 11 is 0. The third kappa shape index (κ3) is 4.34. The van der Waals surface area contributed by atoms with Gasteiger partial charge in [0.15, 0.2) is 6.73 Å². The fourth-order valence-corrected chi connectivity index (χ4v) is 3.55. The molecule has 0 saturated carbocycles. The van der Waals surface area contributed by atoms with Gasteiger partial charge in [-0.05, 0) is 35.9 Å². The van der Waals surface area contributed by atoms with Gasteiger partial charge in [-0.2, -0.15) is 0 Å². The summed E-state index contributed by atoms with van der Waals surface area (Å²) in [7, 11) is 1.59. The van der Waals surface area contributed by atoms with E-state index in [4.69, 9.17) is 4.74 Å². The maximum atomic E-state index is 14.1. The maximum Gasteiger partial charge on any atom is 0.326 e. The first kappa shape index (κ1) is 21.2. The van der Waals surface area contributed by atoms with Crippen LogP contribution in [0.15, 0.2) is 66.7 Å². The molecule has 1 heterocycles. The first-order valence-electron chi connectivity index (χ1n) is 10.1. The zero-order valence-electron chi connectivity index (χ0n) is 17.3. The smallest absolute Gasteiger partial charge is 0.326 e. The summed E-state index contributed by atoms with van der Waals surface area (Å²) in [6.45, 7) is -0.0147. The van der Waals surface area contributed by atoms with Crippen molar-refractivity contribution in [2.75, 3.05) is 29.3 Å². The summed E-state index contributed by atoms with van der Waals surface area (Å²) in [5.41, 5.74) is 2.46. The number of aliphatic carboxylic acids is 1. The van der Waals surface area contributed by atoms with Gasteiger partial charge >= 0.3 is 5.97 Å². The first-order chi connectivity index (χ1) is 15.5. The van der Waals surface area contributed by atoms with Crippen LogP contribution in [0.25, 0.3) is 0 Å². The minimum absolute atomic E-state index is 0.0147. The van der Waals surface area contributed by atoms with Crippen molar-refractivity contribution >= 4 is 28.9 Å². The molecular weight excluding hydrogens is 413 g/mol. The van der Waals surface area contributed by atoms with Crippen molar-refractivity contribution in [3.63, 3.8) is 0 Å². The van der Waals surface area contributed by atoms with E-state index in [9.17, 15) is 19.1 Å². The van der Waals surface area contributed by atoms with Gasteiger partial charge in [0.2, 0.25) is 0 Å². The van der Waals surface area contributed by atoms with Crippen LogP contribution in [-0.2, 0) is 11.2 Å². The number of carbonyl (C=O) groups is 2. The normalized spacial score (nSPS) is 13.7. The van der Waals surface area contributed by atoms with Crippen LogP contribution in [0.1, 0.15) is 15.9 Å². The lowest BCUT2D eigenvalue weighted by molar-refractivity contribution is -0.137. The highest BCUT2D eigenvalue weighted by Crippen LogP contribution is 2.32. The second-order valence-corrected chi connectivity index (χ2v) is 7.36. The predicted octanol–water partition coefficient (Wildman–Crippen LogP) is 3.97. The number of amides is 1. The van der Waals surface area contributed by atoms with Crippen LogP contribution >= 0.6 is 0 Å². The van der Waals surface area contributed by atoms with Crippen LogP contribution in [-0.4, -0.2) is 36.8 Å². The van der Waals surface area contributed by atoms with Gasteiger partial charge in [0.05, 0.1) is 11.3 Å². The van der Waals surface area contributed by atoms with E-state index >= 15 is 0 Å². The Labute approximate surface area is 184 Å². The summed E-state index contributed by atoms with van der Waals surface area (Å²) in [5.74, 6) is -1.55. The average molecular weight is 435 g/mol. The number of nitrogens with one attached hydrogen (secondary N) is 2. The quantitative estimate of drug-likeness (QED) is 0.520. The third-order valence-electron chi connectivity index (χ3n) is 5.26. The number of ether oxygens (including phenoxy) is 1. The van der Waals surface area contributed by atoms with Crippen LogP contribution < -0.4 is 20.3 Å². The van der Waals surface area contributed by atoms with Gasteiger partial charge in [-0.15, -0.1) is 0 Å². The van der Waals surface area contributed by atoms with Gasteiger partial charge in [-0.3, -0.25) is 9.69 Å². The van der Waals surface area contributed by atoms with E-state index in [1.807, 2.05) is 30.3 Å². The molecule has 0 radical (unpaired) electrons. The highest BCUT2D eigenvalue weighted by atomic mass is 19.1. The van der Waals surface area contributed by atoms with Gasteiger partial charge in [0.25, 0.3) is 5.91 Å². The van der Waals surface area contributed by atoms with Crippen LogP contribution in [0.5, 0.6) is 5.75 Å². The number of halogens is 1. The molecule has 7 nitrogen and oxygen atoms in total. The standard InChI is InChI=1S/C24H22FN3O4/c1-26-20-13-22-18(12-19(20)25)23(29)28(14-32-22)17-9-7-16(8-10-17)27-21(24(30)31)11-15-5-3-2-4-6-15/h2-10,12-13,21,26-27H,11,14H2,1H3,(H,30,31). The number of carboxylic acids is 1. The first-order valence-corrected chi connectivity index (χ1v) is 10.1. The SMILES string of the molecule is CNc1cc2c(cc1F)C(=O)N(c1ccc(NC(Cc3ccccc3)C(=O)O)cc1)CO2. The molecule has 0 spiro atoms. The largest absolute Gasteiger partial charge is 0.480 e. The Bertz CT molecular complexity index is 1140. The molecule has 1 atom stereocenters. The van der Waals surface area contributed by atoms with Gasteiger partial charge in [0, 0.05) is 30.9 Å². The predicted molar refractivity (Wildman–Crippen MR) is 120 cm³/mol. The van der Waals surface area contributed by atoms with Gasteiger partial charge in [0.1, 0.15) is 17.6 Å². The van der Waals surface area contributed by atoms with Crippen LogP contribution in [0, 0.1) is 5.82 Å². The number of carboxylic acid groups (broad SMARTS) is 1. The van der Waals surface area contributed by atoms with E-state index < -0.39 is 17.8 Å². The molecule has 4 rings (SSSR count). The molecule has 8 heteroatoms. The second-order valence-electron chi connectivity index (χ2n) is 7.36. The fraction of sp³-hybridized carbons (Fsp3) is 0.167. The summed E-state index contributed by atoms with van der Waals surface area (Å²) < 4.78 is 19.8. The fourth-order valence-electron chi connectivity index (χ4n) is 3.55. The lowest BCUT2D eigenvalue weighted by Crippen LogP contribution is -2.38. The Morgan fingerprint density at radius 2 is 1.88 bits per heavy atom. The number of hydrogen-bond acceptors (Lipinski definition) is 5. The number of nitrogens with zero attached hydrogens (tertiary/aromatic N) is 1. The summed E-state index contributed by atoms with van der Waals surface area (Å²) in [6.07, 6.45) is 0.327. The number of benzene rings is 3. The molecular formula is C24H22FN3O4. The van der Waals surface area contributed by atoms with Crippen molar-refractivity contribution in [1.29, 1.82) is 0 Å². The van der Waals surface area contributed by atoms with Crippen molar-refractivity contribution in [2.24, 2.45) is 0 Å². The van der Waals surface area contributed by atoms with E-state index in [1.54, 1.807) is 31.3 Å². The molecule has 3 N–H and O–H groups in total. The van der Waals surface area contributed by atoms with Gasteiger partial charge < -0.3 is 20.5 Å². The number of carbonyl (C=O) groups excluding carboxylic acids is 1. The lowest BCUT2D eigenvalue weighted by Gasteiger charge is -2.29. The topological polar surface area (TPSA) is 90.9 Å². The molecule has 1 aliphatic rings. The van der Waals surface area contributed by atoms with Crippen molar-refractivity contribution in [3.8, 4) is 5.75 Å². The second kappa shape index (κ2) is 8.97. The molecule has 0 aromatic heterocycles. The molecule has 0 saturated heterocycles. The lowest BCUT2D eigenvalue weighted by atomic mass is 10.1. The van der Waals surface area contributed by atoms with Crippen molar-refractivity contribution in [3.05, 3.63) is 83.7 Å².